The highest BCUT2D eigenvalue weighted by Crippen LogP contribution is 2.28. The molecule has 1 heterocycles. The highest BCUT2D eigenvalue weighted by atomic mass is 79.9. The summed E-state index contributed by atoms with van der Waals surface area (Å²) in [5.41, 5.74) is 1.86. The van der Waals surface area contributed by atoms with E-state index < -0.39 is 0 Å². The van der Waals surface area contributed by atoms with Crippen LogP contribution in [0.5, 0.6) is 0 Å². The minimum atomic E-state index is 0.419. The molecule has 0 spiro atoms. The number of nitrogens with zero attached hydrogens (tertiary/aromatic N) is 1. The van der Waals surface area contributed by atoms with E-state index in [2.05, 4.69) is 22.0 Å². The molecule has 13 heavy (non-hydrogen) atoms. The minimum absolute atomic E-state index is 0.419. The molecule has 2 rings (SSSR count). The molecule has 1 aliphatic heterocycles. The maximum absolute atomic E-state index is 8.90. The Hall–Kier alpha value is -0.850. The van der Waals surface area contributed by atoms with E-state index in [0.29, 0.717) is 5.92 Å². The monoisotopic (exact) mass is 237 g/mol. The van der Waals surface area contributed by atoms with E-state index in [9.17, 15) is 0 Å². The van der Waals surface area contributed by atoms with Crippen molar-refractivity contribution in [1.82, 2.24) is 0 Å². The summed E-state index contributed by atoms with van der Waals surface area (Å²) < 4.78 is 6.05. The molecular weight excluding hydrogens is 230 g/mol. The summed E-state index contributed by atoms with van der Waals surface area (Å²) in [4.78, 5) is 0. The summed E-state index contributed by atoms with van der Waals surface area (Å²) in [5, 5.41) is 8.90. The smallest absolute Gasteiger partial charge is 0.0995 e. The van der Waals surface area contributed by atoms with Crippen molar-refractivity contribution < 1.29 is 4.74 Å². The topological polar surface area (TPSA) is 33.0 Å². The van der Waals surface area contributed by atoms with Crippen molar-refractivity contribution in [3.8, 4) is 6.07 Å². The molecule has 0 atom stereocenters. The van der Waals surface area contributed by atoms with Gasteiger partial charge in [0.15, 0.2) is 0 Å². The standard InChI is InChI=1S/C10H8BrNO/c11-9-1-2-10(7(3-9)4-12)8-5-13-6-8/h1-3,8H,5-6H2. The van der Waals surface area contributed by atoms with Crippen molar-refractivity contribution in [2.75, 3.05) is 13.2 Å². The summed E-state index contributed by atoms with van der Waals surface area (Å²) >= 11 is 3.34. The third kappa shape index (κ3) is 1.60. The molecule has 0 aliphatic carbocycles. The summed E-state index contributed by atoms with van der Waals surface area (Å²) in [6.07, 6.45) is 0. The summed E-state index contributed by atoms with van der Waals surface area (Å²) in [5.74, 6) is 0.419. The molecule has 0 saturated carbocycles. The summed E-state index contributed by atoms with van der Waals surface area (Å²) in [6.45, 7) is 1.49. The van der Waals surface area contributed by atoms with Crippen molar-refractivity contribution >= 4 is 15.9 Å². The number of benzene rings is 1. The van der Waals surface area contributed by atoms with Crippen LogP contribution in [0.3, 0.4) is 0 Å². The largest absolute Gasteiger partial charge is 0.380 e. The molecule has 0 N–H and O–H groups in total. The Labute approximate surface area is 85.3 Å². The molecule has 1 aromatic carbocycles. The first-order valence-corrected chi connectivity index (χ1v) is 4.88. The fourth-order valence-electron chi connectivity index (χ4n) is 1.40. The Morgan fingerprint density at radius 2 is 2.23 bits per heavy atom. The second kappa shape index (κ2) is 3.49. The Bertz CT molecular complexity index is 366. The zero-order valence-electron chi connectivity index (χ0n) is 6.96. The molecule has 3 heteroatoms. The van der Waals surface area contributed by atoms with Crippen LogP contribution in [0.4, 0.5) is 0 Å². The molecule has 0 unspecified atom stereocenters. The average molecular weight is 238 g/mol. The first-order chi connectivity index (χ1) is 6.31. The molecule has 0 amide bonds. The van der Waals surface area contributed by atoms with Crippen LogP contribution in [0.2, 0.25) is 0 Å². The molecule has 66 valence electrons. The third-order valence-electron chi connectivity index (χ3n) is 2.21. The highest BCUT2D eigenvalue weighted by Gasteiger charge is 2.22. The third-order valence-corrected chi connectivity index (χ3v) is 2.71. The van der Waals surface area contributed by atoms with Crippen molar-refractivity contribution in [3.05, 3.63) is 33.8 Å². The molecule has 2 nitrogen and oxygen atoms in total. The second-order valence-corrected chi connectivity index (χ2v) is 3.99. The van der Waals surface area contributed by atoms with Gasteiger partial charge >= 0.3 is 0 Å². The number of rotatable bonds is 1. The van der Waals surface area contributed by atoms with Gasteiger partial charge in [0.25, 0.3) is 0 Å². The molecule has 0 bridgehead atoms. The zero-order chi connectivity index (χ0) is 9.26. The van der Waals surface area contributed by atoms with Gasteiger partial charge < -0.3 is 4.74 Å². The summed E-state index contributed by atoms with van der Waals surface area (Å²) in [7, 11) is 0. The molecule has 1 aliphatic rings. The Morgan fingerprint density at radius 1 is 1.46 bits per heavy atom. The van der Waals surface area contributed by atoms with Crippen molar-refractivity contribution in [3.63, 3.8) is 0 Å². The van der Waals surface area contributed by atoms with Crippen molar-refractivity contribution in [1.29, 1.82) is 5.26 Å². The molecule has 1 saturated heterocycles. The lowest BCUT2D eigenvalue weighted by molar-refractivity contribution is 0.00831. The van der Waals surface area contributed by atoms with Gasteiger partial charge in [0, 0.05) is 10.4 Å². The van der Waals surface area contributed by atoms with Gasteiger partial charge in [0.05, 0.1) is 24.8 Å². The Balaban J connectivity index is 2.39. The van der Waals surface area contributed by atoms with Crippen LogP contribution in [-0.4, -0.2) is 13.2 Å². The lowest BCUT2D eigenvalue weighted by Crippen LogP contribution is -2.25. The fraction of sp³-hybridized carbons (Fsp3) is 0.300. The highest BCUT2D eigenvalue weighted by molar-refractivity contribution is 9.10. The van der Waals surface area contributed by atoms with Crippen LogP contribution in [0.15, 0.2) is 22.7 Å². The normalized spacial score (nSPS) is 16.3. The molecular formula is C10H8BrNO. The molecule has 1 fully saturated rings. The van der Waals surface area contributed by atoms with Crippen molar-refractivity contribution in [2.24, 2.45) is 0 Å². The van der Waals surface area contributed by atoms with E-state index in [1.165, 1.54) is 0 Å². The number of halogens is 1. The average Bonchev–Trinajstić information content (AvgIpc) is 2.05. The van der Waals surface area contributed by atoms with Gasteiger partial charge in [0.2, 0.25) is 0 Å². The molecule has 0 radical (unpaired) electrons. The van der Waals surface area contributed by atoms with Gasteiger partial charge in [-0.25, -0.2) is 0 Å². The van der Waals surface area contributed by atoms with Crippen LogP contribution in [0.1, 0.15) is 17.0 Å². The second-order valence-electron chi connectivity index (χ2n) is 3.08. The lowest BCUT2D eigenvalue weighted by atomic mass is 9.93. The van der Waals surface area contributed by atoms with Crippen LogP contribution in [-0.2, 0) is 4.74 Å². The zero-order valence-corrected chi connectivity index (χ0v) is 8.54. The van der Waals surface area contributed by atoms with Gasteiger partial charge in [0.1, 0.15) is 0 Å². The van der Waals surface area contributed by atoms with E-state index in [1.54, 1.807) is 0 Å². The van der Waals surface area contributed by atoms with Crippen LogP contribution in [0.25, 0.3) is 0 Å². The van der Waals surface area contributed by atoms with Crippen LogP contribution < -0.4 is 0 Å². The predicted octanol–water partition coefficient (Wildman–Crippen LogP) is 2.43. The van der Waals surface area contributed by atoms with Gasteiger partial charge in [-0.05, 0) is 17.7 Å². The number of hydrogen-bond acceptors (Lipinski definition) is 2. The lowest BCUT2D eigenvalue weighted by Gasteiger charge is -2.27. The van der Waals surface area contributed by atoms with Gasteiger partial charge in [-0.2, -0.15) is 5.26 Å². The van der Waals surface area contributed by atoms with E-state index >= 15 is 0 Å². The maximum atomic E-state index is 8.90. The quantitative estimate of drug-likeness (QED) is 0.752. The molecule has 1 aromatic rings. The van der Waals surface area contributed by atoms with E-state index in [-0.39, 0.29) is 0 Å². The fourth-order valence-corrected chi connectivity index (χ4v) is 1.76. The SMILES string of the molecule is N#Cc1cc(Br)ccc1C1COC1. The van der Waals surface area contributed by atoms with E-state index in [1.807, 2.05) is 18.2 Å². The maximum Gasteiger partial charge on any atom is 0.0995 e. The first-order valence-electron chi connectivity index (χ1n) is 4.08. The van der Waals surface area contributed by atoms with Gasteiger partial charge in [-0.15, -0.1) is 0 Å². The Kier molecular flexibility index (Phi) is 2.34. The van der Waals surface area contributed by atoms with Crippen LogP contribution >= 0.6 is 15.9 Å². The predicted molar refractivity (Wildman–Crippen MR) is 52.4 cm³/mol. The number of ether oxygens (including phenoxy) is 1. The molecule has 0 aromatic heterocycles. The summed E-state index contributed by atoms with van der Waals surface area (Å²) in [6, 6.07) is 8.02. The van der Waals surface area contributed by atoms with Gasteiger partial charge in [-0.3, -0.25) is 0 Å². The first kappa shape index (κ1) is 8.74. The minimum Gasteiger partial charge on any atom is -0.380 e. The number of hydrogen-bond donors (Lipinski definition) is 0. The van der Waals surface area contributed by atoms with Crippen LogP contribution in [0, 0.1) is 11.3 Å². The van der Waals surface area contributed by atoms with Gasteiger partial charge in [-0.1, -0.05) is 22.0 Å². The Morgan fingerprint density at radius 3 is 2.77 bits per heavy atom. The number of nitriles is 1. The van der Waals surface area contributed by atoms with Crippen molar-refractivity contribution in [2.45, 2.75) is 5.92 Å². The van der Waals surface area contributed by atoms with E-state index in [0.717, 1.165) is 28.8 Å². The van der Waals surface area contributed by atoms with E-state index in [4.69, 9.17) is 10.00 Å².